The minimum atomic E-state index is -4.73. The van der Waals surface area contributed by atoms with E-state index >= 15 is 0 Å². The van der Waals surface area contributed by atoms with Crippen LogP contribution in [0, 0.1) is 0 Å². The van der Waals surface area contributed by atoms with E-state index in [4.69, 9.17) is 4.74 Å². The summed E-state index contributed by atoms with van der Waals surface area (Å²) in [6, 6.07) is 6.70. The molecule has 0 saturated carbocycles. The van der Waals surface area contributed by atoms with Crippen molar-refractivity contribution >= 4 is 27.3 Å². The monoisotopic (exact) mass is 531 g/mol. The van der Waals surface area contributed by atoms with Crippen LogP contribution in [0.5, 0.6) is 0 Å². The van der Waals surface area contributed by atoms with Gasteiger partial charge in [0.15, 0.2) is 26.4 Å². The van der Waals surface area contributed by atoms with Crippen LogP contribution >= 0.6 is 11.5 Å². The van der Waals surface area contributed by atoms with E-state index in [0.717, 1.165) is 41.6 Å². The highest BCUT2D eigenvalue weighted by Gasteiger charge is 2.36. The van der Waals surface area contributed by atoms with Crippen LogP contribution in [0.4, 0.5) is 13.2 Å². The number of sulfone groups is 1. The van der Waals surface area contributed by atoms with Gasteiger partial charge in [0.25, 0.3) is 0 Å². The van der Waals surface area contributed by atoms with E-state index in [0.29, 0.717) is 12.1 Å². The maximum Gasteiger partial charge on any atom is 0.435 e. The summed E-state index contributed by atoms with van der Waals surface area (Å²) in [6.45, 7) is 5.55. The number of hydrogen-bond donors (Lipinski definition) is 0. The van der Waals surface area contributed by atoms with Crippen molar-refractivity contribution in [2.75, 3.05) is 32.5 Å². The minimum Gasteiger partial charge on any atom is -0.463 e. The molecular formula is C21H24F3N5O4S2. The predicted molar refractivity (Wildman–Crippen MR) is 123 cm³/mol. The van der Waals surface area contributed by atoms with E-state index in [1.54, 1.807) is 6.07 Å². The Kier molecular flexibility index (Phi) is 8.28. The molecule has 0 bridgehead atoms. The lowest BCUT2D eigenvalue weighted by Gasteiger charge is -2.17. The van der Waals surface area contributed by atoms with Gasteiger partial charge in [0.1, 0.15) is 13.2 Å². The molecule has 35 heavy (non-hydrogen) atoms. The fourth-order valence-corrected chi connectivity index (χ4v) is 4.53. The summed E-state index contributed by atoms with van der Waals surface area (Å²) < 4.78 is 73.9. The van der Waals surface area contributed by atoms with Gasteiger partial charge in [-0.3, -0.25) is 9.48 Å². The third-order valence-corrected chi connectivity index (χ3v) is 6.93. The van der Waals surface area contributed by atoms with Gasteiger partial charge in [0.05, 0.1) is 10.6 Å². The molecule has 0 amide bonds. The molecule has 3 rings (SSSR count). The molecule has 190 valence electrons. The maximum atomic E-state index is 13.3. The first-order valence-corrected chi connectivity index (χ1v) is 13.3. The lowest BCUT2D eigenvalue weighted by molar-refractivity contribution is -0.146. The average Bonchev–Trinajstić information content (AvgIpc) is 3.43. The highest BCUT2D eigenvalue weighted by atomic mass is 32.2. The Morgan fingerprint density at radius 3 is 2.54 bits per heavy atom. The Labute approximate surface area is 204 Å². The molecule has 0 saturated heterocycles. The molecule has 0 aliphatic rings. The maximum absolute atomic E-state index is 13.3. The fraction of sp³-hybridized carbons (Fsp3) is 0.429. The summed E-state index contributed by atoms with van der Waals surface area (Å²) in [7, 11) is -3.47. The first-order chi connectivity index (χ1) is 16.4. The highest BCUT2D eigenvalue weighted by molar-refractivity contribution is 7.90. The number of benzene rings is 1. The van der Waals surface area contributed by atoms with E-state index in [9.17, 15) is 26.4 Å². The zero-order chi connectivity index (χ0) is 25.8. The zero-order valence-electron chi connectivity index (χ0n) is 19.2. The number of likely N-dealkylation sites (N-methyl/N-ethyl adjacent to an activating group) is 1. The summed E-state index contributed by atoms with van der Waals surface area (Å²) in [5.74, 6) is -0.598. The number of carbonyl (C=O) groups excluding carboxylic acids is 1. The summed E-state index contributed by atoms with van der Waals surface area (Å²) in [6.07, 6.45) is -3.67. The molecule has 2 heterocycles. The molecule has 0 fully saturated rings. The van der Waals surface area contributed by atoms with E-state index in [1.807, 2.05) is 18.7 Å². The minimum absolute atomic E-state index is 0.0546. The number of carbonyl (C=O) groups is 1. The molecule has 0 radical (unpaired) electrons. The van der Waals surface area contributed by atoms with E-state index in [2.05, 4.69) is 14.5 Å². The van der Waals surface area contributed by atoms with Gasteiger partial charge in [-0.1, -0.05) is 26.0 Å². The first kappa shape index (κ1) is 26.8. The number of esters is 1. The van der Waals surface area contributed by atoms with Gasteiger partial charge < -0.3 is 9.64 Å². The Morgan fingerprint density at radius 1 is 1.20 bits per heavy atom. The van der Waals surface area contributed by atoms with Crippen LogP contribution in [0.3, 0.4) is 0 Å². The number of rotatable bonds is 10. The predicted octanol–water partition coefficient (Wildman–Crippen LogP) is 3.38. The van der Waals surface area contributed by atoms with Crippen LogP contribution < -0.4 is 0 Å². The van der Waals surface area contributed by atoms with Crippen molar-refractivity contribution in [3.63, 3.8) is 0 Å². The zero-order valence-corrected chi connectivity index (χ0v) is 20.9. The van der Waals surface area contributed by atoms with Crippen molar-refractivity contribution in [2.45, 2.75) is 31.5 Å². The van der Waals surface area contributed by atoms with Gasteiger partial charge in [-0.25, -0.2) is 13.4 Å². The second-order valence-corrected chi connectivity index (χ2v) is 10.3. The molecule has 0 N–H and O–H groups in total. The number of aromatic nitrogens is 4. The van der Waals surface area contributed by atoms with E-state index in [-0.39, 0.29) is 28.0 Å². The molecule has 0 unspecified atom stereocenters. The van der Waals surface area contributed by atoms with Gasteiger partial charge in [-0.15, -0.1) is 0 Å². The average molecular weight is 532 g/mol. The van der Waals surface area contributed by atoms with Gasteiger partial charge in [-0.2, -0.15) is 22.6 Å². The van der Waals surface area contributed by atoms with Crippen molar-refractivity contribution in [2.24, 2.45) is 0 Å². The Bertz CT molecular complexity index is 1280. The fourth-order valence-electron chi connectivity index (χ4n) is 3.15. The van der Waals surface area contributed by atoms with Crippen LogP contribution in [0.1, 0.15) is 19.5 Å². The molecule has 0 aliphatic carbocycles. The normalized spacial score (nSPS) is 12.3. The topological polar surface area (TPSA) is 107 Å². The molecule has 1 aromatic carbocycles. The van der Waals surface area contributed by atoms with Crippen LogP contribution in [0.25, 0.3) is 22.1 Å². The highest BCUT2D eigenvalue weighted by Crippen LogP contribution is 2.33. The molecule has 0 aliphatic heterocycles. The smallest absolute Gasteiger partial charge is 0.435 e. The van der Waals surface area contributed by atoms with Gasteiger partial charge in [-0.05, 0) is 42.8 Å². The van der Waals surface area contributed by atoms with Crippen molar-refractivity contribution in [1.82, 2.24) is 24.0 Å². The number of hydrogen-bond acceptors (Lipinski definition) is 9. The third kappa shape index (κ3) is 6.86. The van der Waals surface area contributed by atoms with Gasteiger partial charge in [0, 0.05) is 18.4 Å². The third-order valence-electron chi connectivity index (χ3n) is 5.08. The number of nitrogens with zero attached hydrogens (tertiary/aromatic N) is 5. The largest absolute Gasteiger partial charge is 0.463 e. The summed E-state index contributed by atoms with van der Waals surface area (Å²) in [4.78, 5) is 18.7. The van der Waals surface area contributed by atoms with E-state index < -0.39 is 34.2 Å². The second-order valence-electron chi connectivity index (χ2n) is 7.54. The van der Waals surface area contributed by atoms with Crippen LogP contribution in [0.2, 0.25) is 0 Å². The molecular weight excluding hydrogens is 507 g/mol. The summed E-state index contributed by atoms with van der Waals surface area (Å²) in [5.41, 5.74) is -0.853. The van der Waals surface area contributed by atoms with Crippen LogP contribution in [-0.2, 0) is 32.1 Å². The first-order valence-electron chi connectivity index (χ1n) is 10.6. The van der Waals surface area contributed by atoms with Crippen LogP contribution in [-0.4, -0.2) is 70.9 Å². The van der Waals surface area contributed by atoms with Crippen molar-refractivity contribution < 1.29 is 31.1 Å². The number of halogens is 3. The van der Waals surface area contributed by atoms with Crippen molar-refractivity contribution in [1.29, 1.82) is 0 Å². The van der Waals surface area contributed by atoms with Crippen molar-refractivity contribution in [3.8, 4) is 22.1 Å². The molecule has 0 atom stereocenters. The summed E-state index contributed by atoms with van der Waals surface area (Å²) >= 11 is 0.806. The number of alkyl halides is 3. The number of ether oxygens (including phenoxy) is 1. The van der Waals surface area contributed by atoms with E-state index in [1.165, 1.54) is 18.2 Å². The standard InChI is InChI=1S/C21H24F3N5O4S2/c1-4-28(5-2)9-10-33-18(30)13-29-16(12-17(26-29)21(22,23)24)20-25-19(27-34-20)14-7-6-8-15(11-14)35(3,31)32/h6-8,11-12H,4-5,9-10,13H2,1-3H3. The molecule has 3 aromatic rings. The van der Waals surface area contributed by atoms with Crippen molar-refractivity contribution in [3.05, 3.63) is 36.0 Å². The molecule has 2 aromatic heterocycles. The molecule has 9 nitrogen and oxygen atoms in total. The second kappa shape index (κ2) is 10.8. The summed E-state index contributed by atoms with van der Waals surface area (Å²) in [5, 5.41) is 3.63. The Morgan fingerprint density at radius 2 is 1.91 bits per heavy atom. The van der Waals surface area contributed by atoms with Gasteiger partial charge in [0.2, 0.25) is 0 Å². The SMILES string of the molecule is CCN(CC)CCOC(=O)Cn1nc(C(F)(F)F)cc1-c1nc(-c2cccc(S(C)(=O)=O)c2)ns1. The lowest BCUT2D eigenvalue weighted by Crippen LogP contribution is -2.28. The molecule has 14 heteroatoms. The quantitative estimate of drug-likeness (QED) is 0.367. The molecule has 0 spiro atoms. The Hall–Kier alpha value is -2.84. The lowest BCUT2D eigenvalue weighted by atomic mass is 10.2. The Balaban J connectivity index is 1.86. The van der Waals surface area contributed by atoms with Gasteiger partial charge >= 0.3 is 12.1 Å². The van der Waals surface area contributed by atoms with Crippen LogP contribution in [0.15, 0.2) is 35.2 Å².